The molecule has 0 heterocycles. The molecule has 0 radical (unpaired) electrons. The summed E-state index contributed by atoms with van der Waals surface area (Å²) in [6.07, 6.45) is 7.00. The fourth-order valence-corrected chi connectivity index (χ4v) is 2.76. The number of carbonyl (C=O) groups is 2. The van der Waals surface area contributed by atoms with Gasteiger partial charge in [0.15, 0.2) is 0 Å². The smallest absolute Gasteiger partial charge is 0.245 e. The summed E-state index contributed by atoms with van der Waals surface area (Å²) in [5.41, 5.74) is 7.30. The minimum absolute atomic E-state index is 0.121. The fourth-order valence-electron chi connectivity index (χ4n) is 2.76. The van der Waals surface area contributed by atoms with Crippen molar-refractivity contribution in [2.45, 2.75) is 78.6 Å². The molecule has 0 unspecified atom stereocenters. The van der Waals surface area contributed by atoms with Crippen LogP contribution in [0.3, 0.4) is 0 Å². The van der Waals surface area contributed by atoms with E-state index in [-0.39, 0.29) is 17.7 Å². The van der Waals surface area contributed by atoms with Crippen LogP contribution in [-0.2, 0) is 16.0 Å². The first-order chi connectivity index (χ1) is 11.9. The summed E-state index contributed by atoms with van der Waals surface area (Å²) in [4.78, 5) is 24.0. The van der Waals surface area contributed by atoms with Crippen LogP contribution in [0.4, 0.5) is 0 Å². The van der Waals surface area contributed by atoms with Gasteiger partial charge in [-0.15, -0.1) is 0 Å². The van der Waals surface area contributed by atoms with Gasteiger partial charge in [-0.3, -0.25) is 20.4 Å². The average molecular weight is 347 g/mol. The lowest BCUT2D eigenvalue weighted by Crippen LogP contribution is -2.43. The number of carbonyl (C=O) groups excluding carboxylic acids is 2. The highest BCUT2D eigenvalue weighted by molar-refractivity contribution is 5.86. The summed E-state index contributed by atoms with van der Waals surface area (Å²) in [6.45, 7) is 8.40. The van der Waals surface area contributed by atoms with Crippen LogP contribution in [0.5, 0.6) is 0 Å². The standard InChI is InChI=1S/C21H34N2O2/c1-5-6-7-8-9-10-20(24)22-23-21(25)17(4)19-13-11-18(12-14-19)15-16(2)3/h11-14,16-17H,5-10,15H2,1-4H3,(H,22,24)(H,23,25)/t17-/m1/s1. The summed E-state index contributed by atoms with van der Waals surface area (Å²) in [5.74, 6) is 0.0157. The van der Waals surface area contributed by atoms with Crippen LogP contribution >= 0.6 is 0 Å². The van der Waals surface area contributed by atoms with E-state index < -0.39 is 0 Å². The van der Waals surface area contributed by atoms with Crippen LogP contribution in [-0.4, -0.2) is 11.8 Å². The Morgan fingerprint density at radius 1 is 0.920 bits per heavy atom. The Bertz CT molecular complexity index is 523. The van der Waals surface area contributed by atoms with E-state index in [1.807, 2.05) is 19.1 Å². The normalized spacial score (nSPS) is 12.0. The lowest BCUT2D eigenvalue weighted by atomic mass is 9.96. The van der Waals surface area contributed by atoms with Gasteiger partial charge in [0.1, 0.15) is 0 Å². The summed E-state index contributed by atoms with van der Waals surface area (Å²) < 4.78 is 0. The molecule has 0 saturated heterocycles. The Labute approximate surface area is 152 Å². The molecule has 0 saturated carbocycles. The molecule has 0 aliphatic rings. The number of nitrogens with one attached hydrogen (secondary N) is 2. The zero-order chi connectivity index (χ0) is 18.7. The molecule has 1 aromatic rings. The first-order valence-corrected chi connectivity index (χ1v) is 9.61. The van der Waals surface area contributed by atoms with Gasteiger partial charge < -0.3 is 0 Å². The van der Waals surface area contributed by atoms with Crippen molar-refractivity contribution in [2.75, 3.05) is 0 Å². The Morgan fingerprint density at radius 2 is 1.56 bits per heavy atom. The summed E-state index contributed by atoms with van der Waals surface area (Å²) in [5, 5.41) is 0. The zero-order valence-electron chi connectivity index (χ0n) is 16.2. The van der Waals surface area contributed by atoms with Crippen molar-refractivity contribution in [1.82, 2.24) is 10.9 Å². The lowest BCUT2D eigenvalue weighted by molar-refractivity contribution is -0.129. The number of amides is 2. The van der Waals surface area contributed by atoms with Crippen LogP contribution in [0.25, 0.3) is 0 Å². The average Bonchev–Trinajstić information content (AvgIpc) is 2.59. The van der Waals surface area contributed by atoms with Crippen LogP contribution in [0.15, 0.2) is 24.3 Å². The molecule has 0 aromatic heterocycles. The number of rotatable bonds is 10. The second-order valence-electron chi connectivity index (χ2n) is 7.26. The largest absolute Gasteiger partial charge is 0.273 e. The monoisotopic (exact) mass is 346 g/mol. The van der Waals surface area contributed by atoms with Crippen molar-refractivity contribution in [3.63, 3.8) is 0 Å². The van der Waals surface area contributed by atoms with Gasteiger partial charge in [-0.25, -0.2) is 0 Å². The van der Waals surface area contributed by atoms with E-state index in [1.165, 1.54) is 24.8 Å². The number of hydrogen-bond acceptors (Lipinski definition) is 2. The van der Waals surface area contributed by atoms with E-state index in [4.69, 9.17) is 0 Å². The summed E-state index contributed by atoms with van der Waals surface area (Å²) >= 11 is 0. The van der Waals surface area contributed by atoms with Gasteiger partial charge in [0.2, 0.25) is 11.8 Å². The van der Waals surface area contributed by atoms with E-state index in [2.05, 4.69) is 43.8 Å². The highest BCUT2D eigenvalue weighted by atomic mass is 16.2. The fraction of sp³-hybridized carbons (Fsp3) is 0.619. The predicted molar refractivity (Wildman–Crippen MR) is 103 cm³/mol. The molecule has 0 aliphatic heterocycles. The number of benzene rings is 1. The van der Waals surface area contributed by atoms with Crippen molar-refractivity contribution >= 4 is 11.8 Å². The topological polar surface area (TPSA) is 58.2 Å². The maximum Gasteiger partial charge on any atom is 0.245 e. The zero-order valence-corrected chi connectivity index (χ0v) is 16.2. The van der Waals surface area contributed by atoms with Gasteiger partial charge in [-0.1, -0.05) is 70.7 Å². The lowest BCUT2D eigenvalue weighted by Gasteiger charge is -2.14. The molecule has 2 N–H and O–H groups in total. The van der Waals surface area contributed by atoms with Gasteiger partial charge in [0, 0.05) is 6.42 Å². The third-order valence-corrected chi connectivity index (χ3v) is 4.35. The van der Waals surface area contributed by atoms with E-state index in [0.29, 0.717) is 12.3 Å². The molecule has 140 valence electrons. The van der Waals surface area contributed by atoms with Gasteiger partial charge in [-0.2, -0.15) is 0 Å². The highest BCUT2D eigenvalue weighted by Gasteiger charge is 2.15. The van der Waals surface area contributed by atoms with E-state index in [9.17, 15) is 9.59 Å². The van der Waals surface area contributed by atoms with E-state index in [1.54, 1.807) is 0 Å². The molecule has 0 bridgehead atoms. The van der Waals surface area contributed by atoms with Crippen LogP contribution < -0.4 is 10.9 Å². The van der Waals surface area contributed by atoms with Crippen molar-refractivity contribution in [1.29, 1.82) is 0 Å². The van der Waals surface area contributed by atoms with Crippen LogP contribution in [0.1, 0.15) is 83.3 Å². The Kier molecular flexibility index (Phi) is 9.90. The highest BCUT2D eigenvalue weighted by Crippen LogP contribution is 2.17. The maximum absolute atomic E-state index is 12.2. The molecule has 2 amide bonds. The first-order valence-electron chi connectivity index (χ1n) is 9.61. The molecule has 4 nitrogen and oxygen atoms in total. The van der Waals surface area contributed by atoms with Crippen molar-refractivity contribution in [2.24, 2.45) is 5.92 Å². The molecular weight excluding hydrogens is 312 g/mol. The number of hydrazine groups is 1. The summed E-state index contributed by atoms with van der Waals surface area (Å²) in [7, 11) is 0. The molecule has 1 aromatic carbocycles. The van der Waals surface area contributed by atoms with Gasteiger partial charge in [0.05, 0.1) is 5.92 Å². The molecule has 4 heteroatoms. The van der Waals surface area contributed by atoms with Crippen molar-refractivity contribution in [3.8, 4) is 0 Å². The van der Waals surface area contributed by atoms with Crippen LogP contribution in [0.2, 0.25) is 0 Å². The number of unbranched alkanes of at least 4 members (excludes halogenated alkanes) is 4. The maximum atomic E-state index is 12.2. The molecule has 1 atom stereocenters. The van der Waals surface area contributed by atoms with E-state index in [0.717, 1.165) is 24.8 Å². The molecule has 0 fully saturated rings. The van der Waals surface area contributed by atoms with Gasteiger partial charge in [0.25, 0.3) is 0 Å². The second-order valence-corrected chi connectivity index (χ2v) is 7.26. The second kappa shape index (κ2) is 11.7. The van der Waals surface area contributed by atoms with Crippen molar-refractivity contribution < 1.29 is 9.59 Å². The van der Waals surface area contributed by atoms with Crippen molar-refractivity contribution in [3.05, 3.63) is 35.4 Å². The minimum Gasteiger partial charge on any atom is -0.273 e. The molecule has 1 rings (SSSR count). The van der Waals surface area contributed by atoms with E-state index >= 15 is 0 Å². The van der Waals surface area contributed by atoms with Crippen LogP contribution in [0, 0.1) is 5.92 Å². The molecule has 0 aliphatic carbocycles. The first kappa shape index (κ1) is 21.2. The third-order valence-electron chi connectivity index (χ3n) is 4.35. The quantitative estimate of drug-likeness (QED) is 0.484. The Balaban J connectivity index is 2.34. The SMILES string of the molecule is CCCCCCCC(=O)NNC(=O)[C@H](C)c1ccc(CC(C)C)cc1. The molecular formula is C21H34N2O2. The Hall–Kier alpha value is -1.84. The van der Waals surface area contributed by atoms with Gasteiger partial charge in [-0.05, 0) is 36.8 Å². The molecule has 25 heavy (non-hydrogen) atoms. The third kappa shape index (κ3) is 8.71. The number of hydrogen-bond donors (Lipinski definition) is 2. The summed E-state index contributed by atoms with van der Waals surface area (Å²) in [6, 6.07) is 8.15. The predicted octanol–water partition coefficient (Wildman–Crippen LogP) is 4.50. The minimum atomic E-state index is -0.294. The molecule has 0 spiro atoms. The van der Waals surface area contributed by atoms with Gasteiger partial charge >= 0.3 is 0 Å². The Morgan fingerprint density at radius 3 is 2.16 bits per heavy atom.